The number of hydrogen-bond acceptors (Lipinski definition) is 2. The zero-order valence-corrected chi connectivity index (χ0v) is 20.8. The highest BCUT2D eigenvalue weighted by molar-refractivity contribution is 6.70. The van der Waals surface area contributed by atoms with E-state index in [4.69, 9.17) is 8.85 Å². The Hall–Kier alpha value is -0.846. The largest absolute Gasteiger partial charge is 0.544 e. The van der Waals surface area contributed by atoms with E-state index in [0.29, 0.717) is 12.0 Å². The molecule has 0 amide bonds. The van der Waals surface area contributed by atoms with E-state index in [9.17, 15) is 0 Å². The van der Waals surface area contributed by atoms with Crippen LogP contribution in [0.5, 0.6) is 5.75 Å². The molecule has 0 spiro atoms. The fraction of sp³-hybridized carbons (Fsp3) is 0.667. The Kier molecular flexibility index (Phi) is 5.00. The average molecular weight is 415 g/mol. The van der Waals surface area contributed by atoms with Gasteiger partial charge in [0.05, 0.1) is 6.10 Å². The first-order valence-electron chi connectivity index (χ1n) is 11.2. The molecule has 0 bridgehead atoms. The van der Waals surface area contributed by atoms with Gasteiger partial charge >= 0.3 is 0 Å². The number of hydrogen-bond donors (Lipinski definition) is 0. The van der Waals surface area contributed by atoms with Gasteiger partial charge in [0.1, 0.15) is 5.75 Å². The molecule has 28 heavy (non-hydrogen) atoms. The maximum Gasteiger partial charge on any atom is 0.242 e. The molecule has 5 atom stereocenters. The summed E-state index contributed by atoms with van der Waals surface area (Å²) < 4.78 is 12.9. The summed E-state index contributed by atoms with van der Waals surface area (Å²) in [6.07, 6.45) is 10.5. The maximum atomic E-state index is 6.66. The molecule has 0 heterocycles. The normalized spacial score (nSPS) is 34.5. The van der Waals surface area contributed by atoms with Crippen LogP contribution in [-0.4, -0.2) is 22.7 Å². The molecular formula is C24H38O2Si2. The minimum absolute atomic E-state index is 0.222. The summed E-state index contributed by atoms with van der Waals surface area (Å²) in [6, 6.07) is 6.91. The summed E-state index contributed by atoms with van der Waals surface area (Å²) >= 11 is 0. The van der Waals surface area contributed by atoms with E-state index in [1.807, 2.05) is 0 Å². The number of allylic oxidation sites excluding steroid dienone is 1. The Morgan fingerprint density at radius 2 is 1.71 bits per heavy atom. The zero-order chi connectivity index (χ0) is 20.3. The molecule has 1 fully saturated rings. The van der Waals surface area contributed by atoms with Crippen LogP contribution in [0, 0.1) is 17.3 Å². The molecule has 4 heteroatoms. The second-order valence-corrected chi connectivity index (χ2v) is 20.3. The lowest BCUT2D eigenvalue weighted by Gasteiger charge is -2.48. The lowest BCUT2D eigenvalue weighted by molar-refractivity contribution is 0.0572. The van der Waals surface area contributed by atoms with Crippen LogP contribution >= 0.6 is 0 Å². The molecule has 0 saturated heterocycles. The van der Waals surface area contributed by atoms with Crippen molar-refractivity contribution >= 4 is 16.6 Å². The van der Waals surface area contributed by atoms with Crippen LogP contribution in [-0.2, 0) is 10.8 Å². The Morgan fingerprint density at radius 3 is 2.39 bits per heavy atom. The molecule has 3 aliphatic rings. The Bertz CT molecular complexity index is 774. The minimum Gasteiger partial charge on any atom is -0.544 e. The van der Waals surface area contributed by atoms with Crippen molar-refractivity contribution in [3.05, 3.63) is 41.5 Å². The van der Waals surface area contributed by atoms with Gasteiger partial charge in [0.15, 0.2) is 8.32 Å². The third-order valence-electron chi connectivity index (χ3n) is 7.01. The van der Waals surface area contributed by atoms with Crippen LogP contribution in [0.3, 0.4) is 0 Å². The highest BCUT2D eigenvalue weighted by Gasteiger charge is 2.53. The summed E-state index contributed by atoms with van der Waals surface area (Å²) in [7, 11) is -3.07. The van der Waals surface area contributed by atoms with Crippen LogP contribution < -0.4 is 4.43 Å². The van der Waals surface area contributed by atoms with E-state index in [2.05, 4.69) is 76.6 Å². The number of benzene rings is 1. The van der Waals surface area contributed by atoms with Gasteiger partial charge in [-0.15, -0.1) is 0 Å². The second-order valence-electron chi connectivity index (χ2n) is 11.4. The highest BCUT2D eigenvalue weighted by Crippen LogP contribution is 2.59. The van der Waals surface area contributed by atoms with Crippen LogP contribution in [0.25, 0.3) is 0 Å². The molecule has 3 aliphatic carbocycles. The van der Waals surface area contributed by atoms with E-state index in [0.717, 1.165) is 17.6 Å². The van der Waals surface area contributed by atoms with Crippen molar-refractivity contribution in [2.45, 2.75) is 83.9 Å². The predicted molar refractivity (Wildman–Crippen MR) is 123 cm³/mol. The van der Waals surface area contributed by atoms with Crippen LogP contribution in [0.1, 0.15) is 43.2 Å². The first kappa shape index (κ1) is 20.4. The van der Waals surface area contributed by atoms with E-state index < -0.39 is 16.6 Å². The van der Waals surface area contributed by atoms with Gasteiger partial charge in [0.2, 0.25) is 8.32 Å². The molecule has 1 aromatic carbocycles. The zero-order valence-electron chi connectivity index (χ0n) is 18.8. The van der Waals surface area contributed by atoms with Crippen molar-refractivity contribution in [3.63, 3.8) is 0 Å². The second kappa shape index (κ2) is 6.85. The average Bonchev–Trinajstić information content (AvgIpc) is 2.88. The lowest BCUT2D eigenvalue weighted by Crippen LogP contribution is -2.45. The van der Waals surface area contributed by atoms with Gasteiger partial charge in [-0.25, -0.2) is 0 Å². The molecular weight excluding hydrogens is 376 g/mol. The Balaban J connectivity index is 1.61. The van der Waals surface area contributed by atoms with Crippen molar-refractivity contribution in [3.8, 4) is 5.75 Å². The Morgan fingerprint density at radius 1 is 0.964 bits per heavy atom. The van der Waals surface area contributed by atoms with Crippen molar-refractivity contribution < 1.29 is 8.85 Å². The topological polar surface area (TPSA) is 18.5 Å². The molecule has 0 aliphatic heterocycles. The monoisotopic (exact) mass is 414 g/mol. The molecule has 2 nitrogen and oxygen atoms in total. The summed E-state index contributed by atoms with van der Waals surface area (Å²) in [6.45, 7) is 16.2. The van der Waals surface area contributed by atoms with Gasteiger partial charge in [-0.2, -0.15) is 0 Å². The first-order chi connectivity index (χ1) is 13.0. The Labute approximate surface area is 174 Å². The molecule has 0 N–H and O–H groups in total. The van der Waals surface area contributed by atoms with Gasteiger partial charge in [-0.3, -0.25) is 0 Å². The van der Waals surface area contributed by atoms with E-state index in [1.54, 1.807) is 5.56 Å². The van der Waals surface area contributed by atoms with Gasteiger partial charge in [0, 0.05) is 11.3 Å². The predicted octanol–water partition coefficient (Wildman–Crippen LogP) is 6.75. The summed E-state index contributed by atoms with van der Waals surface area (Å²) in [5.74, 6) is 3.18. The van der Waals surface area contributed by atoms with Crippen molar-refractivity contribution in [1.82, 2.24) is 0 Å². The summed E-state index contributed by atoms with van der Waals surface area (Å²) in [4.78, 5) is 0. The SMILES string of the molecule is C[C@]12C=C[C@@H]3c4ccc(O[Si](C)(C)C)cc4CC[C@H]3[C@@H]1CC[C@H]2O[Si](C)(C)C. The molecule has 0 aromatic heterocycles. The number of aryl methyl sites for hydroxylation is 1. The smallest absolute Gasteiger partial charge is 0.242 e. The van der Waals surface area contributed by atoms with E-state index in [1.165, 1.54) is 31.2 Å². The molecule has 0 radical (unpaired) electrons. The van der Waals surface area contributed by atoms with Crippen LogP contribution in [0.15, 0.2) is 30.4 Å². The van der Waals surface area contributed by atoms with Crippen molar-refractivity contribution in [1.29, 1.82) is 0 Å². The van der Waals surface area contributed by atoms with Crippen molar-refractivity contribution in [2.75, 3.05) is 0 Å². The lowest BCUT2D eigenvalue weighted by atomic mass is 9.59. The van der Waals surface area contributed by atoms with Crippen LogP contribution in [0.4, 0.5) is 0 Å². The molecule has 1 saturated carbocycles. The minimum atomic E-state index is -1.56. The number of fused-ring (bicyclic) bond motifs is 5. The van der Waals surface area contributed by atoms with Crippen molar-refractivity contribution in [2.24, 2.45) is 17.3 Å². The van der Waals surface area contributed by atoms with E-state index >= 15 is 0 Å². The molecule has 154 valence electrons. The quantitative estimate of drug-likeness (QED) is 0.400. The highest BCUT2D eigenvalue weighted by atomic mass is 28.4. The summed E-state index contributed by atoms with van der Waals surface area (Å²) in [5, 5.41) is 0. The standard InChI is InChI=1S/C24H38O2Si2/c1-24-15-14-20-19-11-9-18(25-27(2,3)4)16-17(19)8-10-21(20)22(24)12-13-23(24)26-28(5,6)7/h9,11,14-16,20-23H,8,10,12-13H2,1-7H3/t20-,21-,22+,23-,24+/m1/s1. The third kappa shape index (κ3) is 3.80. The molecule has 1 aromatic rings. The molecule has 0 unspecified atom stereocenters. The summed E-state index contributed by atoms with van der Waals surface area (Å²) in [5.41, 5.74) is 3.28. The first-order valence-corrected chi connectivity index (χ1v) is 18.0. The number of rotatable bonds is 4. The molecule has 4 rings (SSSR count). The fourth-order valence-electron chi connectivity index (χ4n) is 5.99. The maximum absolute atomic E-state index is 6.66. The van der Waals surface area contributed by atoms with Gasteiger partial charge in [-0.1, -0.05) is 25.1 Å². The van der Waals surface area contributed by atoms with Gasteiger partial charge < -0.3 is 8.85 Å². The van der Waals surface area contributed by atoms with Gasteiger partial charge in [0.25, 0.3) is 0 Å². The van der Waals surface area contributed by atoms with Gasteiger partial charge in [-0.05, 0) is 100 Å². The fourth-order valence-corrected chi connectivity index (χ4v) is 8.05. The van der Waals surface area contributed by atoms with Crippen LogP contribution in [0.2, 0.25) is 39.3 Å². The third-order valence-corrected chi connectivity index (χ3v) is 8.85. The van der Waals surface area contributed by atoms with E-state index in [-0.39, 0.29) is 5.41 Å².